The lowest BCUT2D eigenvalue weighted by atomic mass is 9.77. The number of nitrogens with one attached hydrogen (secondary N) is 1. The van der Waals surface area contributed by atoms with Crippen LogP contribution in [0.25, 0.3) is 0 Å². The standard InChI is InChI=1S/C40H43ClFN9O4S/c1-24-17-40(23-50(24)26-3-2-25(18-43)31(41)14-26)6-8-48(9-7-40)39-44-19-28(56-39)22-46-10-12-47(13-11-46)27-20-49(21-27)34-16-30-29(15-32(34)42)37(54)51(38(30)55)33-4-5-35(52)45-36(33)53/h2-3,14-16,19,24,27,33H,4-13,17,20-23H2,1H3,(H,45,52,53)/t24-,33?/m0/s1. The Morgan fingerprint density at radius 3 is 2.43 bits per heavy atom. The average molecular weight is 800 g/mol. The van der Waals surface area contributed by atoms with Crippen LogP contribution in [0.1, 0.15) is 70.2 Å². The highest BCUT2D eigenvalue weighted by Crippen LogP contribution is 2.46. The Balaban J connectivity index is 0.741. The van der Waals surface area contributed by atoms with Crippen molar-refractivity contribution in [3.63, 3.8) is 0 Å². The molecule has 2 atom stereocenters. The number of nitrogens with zero attached hydrogens (tertiary/aromatic N) is 8. The highest BCUT2D eigenvalue weighted by molar-refractivity contribution is 7.15. The summed E-state index contributed by atoms with van der Waals surface area (Å²) in [6.07, 6.45) is 5.49. The summed E-state index contributed by atoms with van der Waals surface area (Å²) in [5, 5.41) is 13.1. The number of halogens is 2. The number of nitriles is 1. The molecular formula is C40H43ClFN9O4S. The molecule has 1 unspecified atom stereocenters. The number of aromatic nitrogens is 1. The van der Waals surface area contributed by atoms with Gasteiger partial charge in [-0.15, -0.1) is 11.3 Å². The van der Waals surface area contributed by atoms with Gasteiger partial charge in [0, 0.05) is 101 Å². The summed E-state index contributed by atoms with van der Waals surface area (Å²) in [6, 6.07) is 10.1. The van der Waals surface area contributed by atoms with Gasteiger partial charge in [0.1, 0.15) is 17.9 Å². The molecule has 0 saturated carbocycles. The number of rotatable bonds is 7. The summed E-state index contributed by atoms with van der Waals surface area (Å²) < 4.78 is 15.4. The molecule has 0 aliphatic carbocycles. The van der Waals surface area contributed by atoms with Crippen LogP contribution in [-0.4, -0.2) is 120 Å². The van der Waals surface area contributed by atoms with Gasteiger partial charge in [-0.05, 0) is 68.4 Å². The van der Waals surface area contributed by atoms with Crippen LogP contribution in [0.5, 0.6) is 0 Å². The topological polar surface area (TPSA) is 136 Å². The van der Waals surface area contributed by atoms with E-state index in [-0.39, 0.29) is 41.1 Å². The molecule has 1 N–H and O–H groups in total. The molecule has 292 valence electrons. The lowest BCUT2D eigenvalue weighted by molar-refractivity contribution is -0.136. The van der Waals surface area contributed by atoms with Gasteiger partial charge >= 0.3 is 0 Å². The summed E-state index contributed by atoms with van der Waals surface area (Å²) in [5.41, 5.74) is 2.18. The number of imide groups is 2. The van der Waals surface area contributed by atoms with Crippen molar-refractivity contribution in [1.29, 1.82) is 5.26 Å². The molecule has 16 heteroatoms. The number of piperazine rings is 1. The zero-order valence-corrected chi connectivity index (χ0v) is 32.8. The first-order valence-electron chi connectivity index (χ1n) is 19.4. The SMILES string of the molecule is C[C@H]1CC2(CCN(c3ncc(CN4CCN(C5CN(c6cc7c(cc6F)C(=O)N(C6CCC(=O)NC6=O)C7=O)C5)CC4)s3)CC2)CN1c1ccc(C#N)c(Cl)c1. The Kier molecular flexibility index (Phi) is 9.51. The number of hydrogen-bond acceptors (Lipinski definition) is 12. The first-order chi connectivity index (χ1) is 27.0. The minimum absolute atomic E-state index is 0.0271. The minimum Gasteiger partial charge on any atom is -0.368 e. The molecule has 4 amide bonds. The van der Waals surface area contributed by atoms with Gasteiger partial charge in [-0.2, -0.15) is 5.26 Å². The van der Waals surface area contributed by atoms with Crippen molar-refractivity contribution in [2.75, 3.05) is 73.6 Å². The molecule has 6 aliphatic heterocycles. The van der Waals surface area contributed by atoms with Crippen molar-refractivity contribution in [1.82, 2.24) is 25.0 Å². The van der Waals surface area contributed by atoms with Crippen LogP contribution in [-0.2, 0) is 16.1 Å². The van der Waals surface area contributed by atoms with Crippen molar-refractivity contribution in [2.45, 2.75) is 63.7 Å². The number of thiazole rings is 1. The fraction of sp³-hybridized carbons (Fsp3) is 0.500. The fourth-order valence-electron chi connectivity index (χ4n) is 9.60. The predicted molar refractivity (Wildman–Crippen MR) is 210 cm³/mol. The average Bonchev–Trinajstić information content (AvgIpc) is 3.83. The highest BCUT2D eigenvalue weighted by atomic mass is 35.5. The predicted octanol–water partition coefficient (Wildman–Crippen LogP) is 4.10. The normalized spacial score (nSPS) is 24.5. The molecule has 0 bridgehead atoms. The molecule has 0 radical (unpaired) electrons. The number of amides is 4. The van der Waals surface area contributed by atoms with Crippen LogP contribution in [0.4, 0.5) is 20.9 Å². The third kappa shape index (κ3) is 6.60. The van der Waals surface area contributed by atoms with Crippen molar-refractivity contribution in [3.05, 3.63) is 68.9 Å². The van der Waals surface area contributed by atoms with Crippen LogP contribution in [0.15, 0.2) is 36.5 Å². The first kappa shape index (κ1) is 37.0. The maximum absolute atomic E-state index is 15.4. The van der Waals surface area contributed by atoms with Gasteiger partial charge in [-0.1, -0.05) is 11.6 Å². The number of piperidine rings is 2. The van der Waals surface area contributed by atoms with E-state index in [9.17, 15) is 24.4 Å². The van der Waals surface area contributed by atoms with E-state index in [1.807, 2.05) is 29.3 Å². The Hall–Kier alpha value is -4.62. The zero-order chi connectivity index (χ0) is 38.9. The third-order valence-corrected chi connectivity index (χ3v) is 14.2. The quantitative estimate of drug-likeness (QED) is 0.346. The van der Waals surface area contributed by atoms with E-state index in [1.54, 1.807) is 11.3 Å². The number of carbonyl (C=O) groups is 4. The molecular weight excluding hydrogens is 757 g/mol. The minimum atomic E-state index is -1.09. The van der Waals surface area contributed by atoms with Crippen LogP contribution < -0.4 is 20.0 Å². The molecule has 5 fully saturated rings. The number of anilines is 3. The van der Waals surface area contributed by atoms with Crippen molar-refractivity contribution in [3.8, 4) is 6.07 Å². The van der Waals surface area contributed by atoms with E-state index in [2.05, 4.69) is 37.9 Å². The summed E-state index contributed by atoms with van der Waals surface area (Å²) in [5.74, 6) is -3.05. The largest absolute Gasteiger partial charge is 0.368 e. The van der Waals surface area contributed by atoms with E-state index < -0.39 is 35.5 Å². The Labute approximate surface area is 333 Å². The van der Waals surface area contributed by atoms with Crippen molar-refractivity contribution < 1.29 is 23.6 Å². The molecule has 5 saturated heterocycles. The molecule has 2 aromatic carbocycles. The molecule has 1 aromatic heterocycles. The van der Waals surface area contributed by atoms with Crippen molar-refractivity contribution in [2.24, 2.45) is 5.41 Å². The lowest BCUT2D eigenvalue weighted by Crippen LogP contribution is -2.63. The maximum atomic E-state index is 15.4. The molecule has 7 heterocycles. The van der Waals surface area contributed by atoms with Gasteiger partial charge in [0.15, 0.2) is 5.13 Å². The van der Waals surface area contributed by atoms with Gasteiger partial charge < -0.3 is 14.7 Å². The molecule has 6 aliphatic rings. The second-order valence-electron chi connectivity index (χ2n) is 16.2. The van der Waals surface area contributed by atoms with Gasteiger partial charge in [-0.3, -0.25) is 39.2 Å². The monoisotopic (exact) mass is 799 g/mol. The van der Waals surface area contributed by atoms with Crippen LogP contribution in [0.3, 0.4) is 0 Å². The molecule has 3 aromatic rings. The van der Waals surface area contributed by atoms with Crippen LogP contribution in [0, 0.1) is 22.6 Å². The lowest BCUT2D eigenvalue weighted by Gasteiger charge is -2.49. The van der Waals surface area contributed by atoms with E-state index in [0.717, 1.165) is 93.4 Å². The smallest absolute Gasteiger partial charge is 0.262 e. The number of fused-ring (bicyclic) bond motifs is 1. The van der Waals surface area contributed by atoms with E-state index in [0.29, 0.717) is 29.7 Å². The van der Waals surface area contributed by atoms with Gasteiger partial charge in [0.25, 0.3) is 11.8 Å². The summed E-state index contributed by atoms with van der Waals surface area (Å²) >= 11 is 8.17. The van der Waals surface area contributed by atoms with Crippen LogP contribution in [0.2, 0.25) is 5.02 Å². The fourth-order valence-corrected chi connectivity index (χ4v) is 10.8. The van der Waals surface area contributed by atoms with Gasteiger partial charge in [0.05, 0.1) is 27.4 Å². The van der Waals surface area contributed by atoms with E-state index in [4.69, 9.17) is 16.6 Å². The summed E-state index contributed by atoms with van der Waals surface area (Å²) in [6.45, 7) is 11.0. The van der Waals surface area contributed by atoms with Crippen molar-refractivity contribution >= 4 is 63.1 Å². The molecule has 1 spiro atoms. The van der Waals surface area contributed by atoms with Crippen LogP contribution >= 0.6 is 22.9 Å². The second kappa shape index (κ2) is 14.4. The Morgan fingerprint density at radius 1 is 1.00 bits per heavy atom. The number of carbonyl (C=O) groups excluding carboxylic acids is 4. The van der Waals surface area contributed by atoms with E-state index >= 15 is 4.39 Å². The molecule has 9 rings (SSSR count). The summed E-state index contributed by atoms with van der Waals surface area (Å²) in [7, 11) is 0. The Bertz CT molecular complexity index is 2150. The first-order valence-corrected chi connectivity index (χ1v) is 20.6. The number of benzene rings is 2. The highest BCUT2D eigenvalue weighted by Gasteiger charge is 2.47. The van der Waals surface area contributed by atoms with Gasteiger partial charge in [-0.25, -0.2) is 9.37 Å². The zero-order valence-electron chi connectivity index (χ0n) is 31.2. The second-order valence-corrected chi connectivity index (χ2v) is 17.7. The van der Waals surface area contributed by atoms with Gasteiger partial charge in [0.2, 0.25) is 11.8 Å². The third-order valence-electron chi connectivity index (χ3n) is 12.8. The van der Waals surface area contributed by atoms with E-state index in [1.165, 1.54) is 10.9 Å². The summed E-state index contributed by atoms with van der Waals surface area (Å²) in [4.78, 5) is 69.1. The maximum Gasteiger partial charge on any atom is 0.262 e. The molecule has 13 nitrogen and oxygen atoms in total. The molecule has 56 heavy (non-hydrogen) atoms. The number of hydrogen-bond donors (Lipinski definition) is 1. The Morgan fingerprint density at radius 2 is 1.73 bits per heavy atom.